The fourth-order valence-electron chi connectivity index (χ4n) is 1.18. The minimum Gasteiger partial charge on any atom is -0.491 e. The van der Waals surface area contributed by atoms with Crippen LogP contribution in [0.2, 0.25) is 0 Å². The van der Waals surface area contributed by atoms with Crippen LogP contribution >= 0.6 is 0 Å². The van der Waals surface area contributed by atoms with Gasteiger partial charge in [0, 0.05) is 11.8 Å². The molecule has 2 heteroatoms. The zero-order valence-electron chi connectivity index (χ0n) is 7.03. The maximum Gasteiger partial charge on any atom is 0.128 e. The highest BCUT2D eigenvalue weighted by Crippen LogP contribution is 2.18. The van der Waals surface area contributed by atoms with Crippen LogP contribution in [-0.4, -0.2) is 18.9 Å². The number of fused-ring (bicyclic) bond motifs is 1. The van der Waals surface area contributed by atoms with Crippen LogP contribution in [0.3, 0.4) is 0 Å². The summed E-state index contributed by atoms with van der Waals surface area (Å²) in [5.74, 6) is 0.936. The van der Waals surface area contributed by atoms with Gasteiger partial charge in [0.25, 0.3) is 0 Å². The molecule has 0 saturated carbocycles. The third-order valence-corrected chi connectivity index (χ3v) is 1.87. The van der Waals surface area contributed by atoms with Crippen LogP contribution in [0.4, 0.5) is 0 Å². The molecule has 0 saturated heterocycles. The summed E-state index contributed by atoms with van der Waals surface area (Å²) in [5, 5.41) is 0. The largest absolute Gasteiger partial charge is 0.491 e. The van der Waals surface area contributed by atoms with Gasteiger partial charge in [-0.2, -0.15) is 0 Å². The Balaban J connectivity index is 2.39. The molecule has 2 rings (SSSR count). The molecule has 1 aromatic carbocycles. The Labute approximate surface area is 71.9 Å². The van der Waals surface area contributed by atoms with Crippen molar-refractivity contribution in [2.75, 3.05) is 6.61 Å². The summed E-state index contributed by atoms with van der Waals surface area (Å²) in [5.41, 5.74) is 1.07. The Hall–Kier alpha value is -1.31. The SMILES string of the molecule is CC1COc2ccccc2C=N1. The Bertz CT molecular complexity index is 306. The van der Waals surface area contributed by atoms with Gasteiger partial charge in [0.2, 0.25) is 0 Å². The van der Waals surface area contributed by atoms with E-state index in [1.165, 1.54) is 0 Å². The molecular weight excluding hydrogens is 150 g/mol. The molecule has 0 N–H and O–H groups in total. The van der Waals surface area contributed by atoms with Crippen molar-refractivity contribution in [3.05, 3.63) is 29.8 Å². The van der Waals surface area contributed by atoms with E-state index in [-0.39, 0.29) is 6.04 Å². The number of ether oxygens (including phenoxy) is 1. The van der Waals surface area contributed by atoms with Gasteiger partial charge in [0.15, 0.2) is 0 Å². The summed E-state index contributed by atoms with van der Waals surface area (Å²) < 4.78 is 5.54. The molecule has 0 spiro atoms. The van der Waals surface area contributed by atoms with Gasteiger partial charge in [0.1, 0.15) is 12.4 Å². The molecule has 1 atom stereocenters. The first-order valence-corrected chi connectivity index (χ1v) is 4.11. The first kappa shape index (κ1) is 7.35. The van der Waals surface area contributed by atoms with Crippen molar-refractivity contribution < 1.29 is 4.74 Å². The Kier molecular flexibility index (Phi) is 1.82. The van der Waals surface area contributed by atoms with E-state index in [9.17, 15) is 0 Å². The molecule has 0 radical (unpaired) electrons. The van der Waals surface area contributed by atoms with Crippen molar-refractivity contribution >= 4 is 6.21 Å². The van der Waals surface area contributed by atoms with Crippen molar-refractivity contribution in [3.8, 4) is 5.75 Å². The van der Waals surface area contributed by atoms with Gasteiger partial charge < -0.3 is 4.74 Å². The fraction of sp³-hybridized carbons (Fsp3) is 0.300. The summed E-state index contributed by atoms with van der Waals surface area (Å²) in [6.07, 6.45) is 1.88. The van der Waals surface area contributed by atoms with Gasteiger partial charge in [-0.1, -0.05) is 12.1 Å². The van der Waals surface area contributed by atoms with Gasteiger partial charge in [-0.15, -0.1) is 0 Å². The van der Waals surface area contributed by atoms with Crippen molar-refractivity contribution in [1.29, 1.82) is 0 Å². The van der Waals surface area contributed by atoms with Crippen LogP contribution in [-0.2, 0) is 0 Å². The summed E-state index contributed by atoms with van der Waals surface area (Å²) >= 11 is 0. The molecule has 2 nitrogen and oxygen atoms in total. The lowest BCUT2D eigenvalue weighted by Crippen LogP contribution is -2.09. The van der Waals surface area contributed by atoms with Gasteiger partial charge in [0.05, 0.1) is 6.04 Å². The van der Waals surface area contributed by atoms with Crippen LogP contribution in [0.1, 0.15) is 12.5 Å². The first-order valence-electron chi connectivity index (χ1n) is 4.11. The number of aliphatic imine (C=N–C) groups is 1. The standard InChI is InChI=1S/C10H11NO/c1-8-7-12-10-5-3-2-4-9(10)6-11-8/h2-6,8H,7H2,1H3. The lowest BCUT2D eigenvalue weighted by Gasteiger charge is -2.06. The highest BCUT2D eigenvalue weighted by atomic mass is 16.5. The van der Waals surface area contributed by atoms with E-state index in [4.69, 9.17) is 4.74 Å². The van der Waals surface area contributed by atoms with Crippen LogP contribution in [0.5, 0.6) is 5.75 Å². The topological polar surface area (TPSA) is 21.6 Å². The van der Waals surface area contributed by atoms with Crippen molar-refractivity contribution in [2.24, 2.45) is 4.99 Å². The average molecular weight is 161 g/mol. The third kappa shape index (κ3) is 1.33. The van der Waals surface area contributed by atoms with E-state index >= 15 is 0 Å². The summed E-state index contributed by atoms with van der Waals surface area (Å²) in [4.78, 5) is 4.31. The molecule has 1 unspecified atom stereocenters. The second-order valence-corrected chi connectivity index (χ2v) is 2.98. The lowest BCUT2D eigenvalue weighted by molar-refractivity contribution is 0.300. The highest BCUT2D eigenvalue weighted by Gasteiger charge is 2.07. The van der Waals surface area contributed by atoms with Gasteiger partial charge in [-0.25, -0.2) is 0 Å². The molecule has 1 aromatic rings. The lowest BCUT2D eigenvalue weighted by atomic mass is 10.2. The second-order valence-electron chi connectivity index (χ2n) is 2.98. The maximum atomic E-state index is 5.54. The smallest absolute Gasteiger partial charge is 0.128 e. The number of para-hydroxylation sites is 1. The Morgan fingerprint density at radius 3 is 3.17 bits per heavy atom. The summed E-state index contributed by atoms with van der Waals surface area (Å²) in [7, 11) is 0. The monoisotopic (exact) mass is 161 g/mol. The molecule has 1 aliphatic heterocycles. The van der Waals surface area contributed by atoms with E-state index in [1.54, 1.807) is 0 Å². The van der Waals surface area contributed by atoms with Crippen molar-refractivity contribution in [2.45, 2.75) is 13.0 Å². The van der Waals surface area contributed by atoms with E-state index < -0.39 is 0 Å². The Morgan fingerprint density at radius 1 is 1.42 bits per heavy atom. The quantitative estimate of drug-likeness (QED) is 0.569. The third-order valence-electron chi connectivity index (χ3n) is 1.87. The molecule has 0 amide bonds. The highest BCUT2D eigenvalue weighted by molar-refractivity contribution is 5.83. The molecule has 0 bridgehead atoms. The van der Waals surface area contributed by atoms with Crippen LogP contribution in [0.25, 0.3) is 0 Å². The Morgan fingerprint density at radius 2 is 2.25 bits per heavy atom. The first-order chi connectivity index (χ1) is 5.86. The van der Waals surface area contributed by atoms with Crippen molar-refractivity contribution in [1.82, 2.24) is 0 Å². The fourth-order valence-corrected chi connectivity index (χ4v) is 1.18. The number of hydrogen-bond acceptors (Lipinski definition) is 2. The summed E-state index contributed by atoms with van der Waals surface area (Å²) in [6, 6.07) is 8.21. The normalized spacial score (nSPS) is 20.9. The molecule has 12 heavy (non-hydrogen) atoms. The van der Waals surface area contributed by atoms with E-state index in [1.807, 2.05) is 37.4 Å². The van der Waals surface area contributed by atoms with Crippen LogP contribution in [0, 0.1) is 0 Å². The zero-order valence-corrected chi connectivity index (χ0v) is 7.03. The maximum absolute atomic E-state index is 5.54. The number of hydrogen-bond donors (Lipinski definition) is 0. The number of benzene rings is 1. The molecule has 0 fully saturated rings. The minimum atomic E-state index is 0.261. The van der Waals surface area contributed by atoms with E-state index in [0.29, 0.717) is 6.61 Å². The van der Waals surface area contributed by atoms with Gasteiger partial charge in [-0.3, -0.25) is 4.99 Å². The molecule has 62 valence electrons. The van der Waals surface area contributed by atoms with Crippen LogP contribution in [0.15, 0.2) is 29.3 Å². The molecule has 1 aliphatic rings. The van der Waals surface area contributed by atoms with E-state index in [0.717, 1.165) is 11.3 Å². The number of rotatable bonds is 0. The summed E-state index contributed by atoms with van der Waals surface area (Å²) in [6.45, 7) is 2.72. The number of nitrogens with zero attached hydrogens (tertiary/aromatic N) is 1. The van der Waals surface area contributed by atoms with Gasteiger partial charge >= 0.3 is 0 Å². The molecule has 0 aromatic heterocycles. The molecule has 1 heterocycles. The predicted molar refractivity (Wildman–Crippen MR) is 49.0 cm³/mol. The van der Waals surface area contributed by atoms with E-state index in [2.05, 4.69) is 4.99 Å². The van der Waals surface area contributed by atoms with Gasteiger partial charge in [-0.05, 0) is 19.1 Å². The van der Waals surface area contributed by atoms with Crippen LogP contribution < -0.4 is 4.74 Å². The molecular formula is C10H11NO. The van der Waals surface area contributed by atoms with Crippen molar-refractivity contribution in [3.63, 3.8) is 0 Å². The second kappa shape index (κ2) is 2.97. The zero-order chi connectivity index (χ0) is 8.39. The minimum absolute atomic E-state index is 0.261. The average Bonchev–Trinajstić information content (AvgIpc) is 2.29. The molecule has 0 aliphatic carbocycles. The predicted octanol–water partition coefficient (Wildman–Crippen LogP) is 1.89.